The first-order chi connectivity index (χ1) is 11.5. The highest BCUT2D eigenvalue weighted by atomic mass is 32.1. The number of hydrogen-bond acceptors (Lipinski definition) is 5. The number of aromatic nitrogens is 2. The van der Waals surface area contributed by atoms with Gasteiger partial charge in [0, 0.05) is 38.1 Å². The molecule has 0 saturated carbocycles. The van der Waals surface area contributed by atoms with Crippen molar-refractivity contribution in [3.8, 4) is 0 Å². The molecule has 0 bridgehead atoms. The van der Waals surface area contributed by atoms with Crippen molar-refractivity contribution in [2.75, 3.05) is 12.4 Å². The number of nitrogens with zero attached hydrogens (tertiary/aromatic N) is 2. The molecule has 2 aromatic heterocycles. The summed E-state index contributed by atoms with van der Waals surface area (Å²) in [5.74, 6) is -0.200. The van der Waals surface area contributed by atoms with E-state index in [0.29, 0.717) is 17.8 Å². The van der Waals surface area contributed by atoms with Crippen molar-refractivity contribution >= 4 is 39.5 Å². The van der Waals surface area contributed by atoms with E-state index in [2.05, 4.69) is 15.6 Å². The van der Waals surface area contributed by atoms with Crippen molar-refractivity contribution in [3.05, 3.63) is 46.1 Å². The number of fused-ring (bicyclic) bond motifs is 1. The van der Waals surface area contributed by atoms with Crippen LogP contribution in [0.1, 0.15) is 26.6 Å². The molecular weight excluding hydrogens is 322 g/mol. The van der Waals surface area contributed by atoms with Gasteiger partial charge < -0.3 is 20.6 Å². The average molecular weight is 341 g/mol. The molecule has 3 aromatic rings. The minimum atomic E-state index is -0.200. The van der Waals surface area contributed by atoms with Crippen molar-refractivity contribution < 1.29 is 4.79 Å². The van der Waals surface area contributed by atoms with Gasteiger partial charge in [-0.1, -0.05) is 12.1 Å². The molecule has 0 saturated heterocycles. The number of anilines is 1. The third-order valence-electron chi connectivity index (χ3n) is 3.90. The van der Waals surface area contributed by atoms with Crippen molar-refractivity contribution in [2.24, 2.45) is 7.05 Å². The molecule has 24 heavy (non-hydrogen) atoms. The topological polar surface area (TPSA) is 82.8 Å². The second-order valence-corrected chi connectivity index (χ2v) is 6.69. The summed E-state index contributed by atoms with van der Waals surface area (Å²) in [5.41, 5.74) is 3.86. The molecule has 0 aliphatic carbocycles. The number of rotatable bonds is 5. The fourth-order valence-electron chi connectivity index (χ4n) is 2.72. The highest BCUT2D eigenvalue weighted by Gasteiger charge is 2.22. The Bertz CT molecular complexity index is 925. The van der Waals surface area contributed by atoms with Crippen LogP contribution in [0.15, 0.2) is 24.3 Å². The molecule has 0 spiro atoms. The van der Waals surface area contributed by atoms with Gasteiger partial charge in [0.15, 0.2) is 5.65 Å². The summed E-state index contributed by atoms with van der Waals surface area (Å²) in [6.45, 7) is 2.35. The zero-order valence-electron chi connectivity index (χ0n) is 13.8. The third-order valence-corrected chi connectivity index (χ3v) is 4.89. The fourth-order valence-corrected chi connectivity index (χ4v) is 3.69. The number of aryl methyl sites for hydroxylation is 2. The Morgan fingerprint density at radius 3 is 2.96 bits per heavy atom. The Kier molecular flexibility index (Phi) is 4.35. The van der Waals surface area contributed by atoms with Crippen molar-refractivity contribution in [1.82, 2.24) is 14.9 Å². The molecule has 6 nitrogen and oxygen atoms in total. The molecule has 3 N–H and O–H groups in total. The number of amides is 1. The first-order valence-electron chi connectivity index (χ1n) is 7.56. The minimum absolute atomic E-state index is 0.200. The van der Waals surface area contributed by atoms with Gasteiger partial charge in [-0.25, -0.2) is 4.98 Å². The summed E-state index contributed by atoms with van der Waals surface area (Å²) in [6, 6.07) is 7.87. The molecule has 0 aliphatic rings. The van der Waals surface area contributed by atoms with Crippen LogP contribution in [0.2, 0.25) is 0 Å². The van der Waals surface area contributed by atoms with E-state index < -0.39 is 0 Å². The molecule has 0 atom stereocenters. The van der Waals surface area contributed by atoms with Crippen LogP contribution in [0.4, 0.5) is 5.69 Å². The molecular formula is C17H19N5OS. The number of nitrogens with one attached hydrogen (secondary N) is 3. The molecule has 7 heteroatoms. The predicted molar refractivity (Wildman–Crippen MR) is 98.4 cm³/mol. The quantitative estimate of drug-likeness (QED) is 0.624. The highest BCUT2D eigenvalue weighted by molar-refractivity contribution is 7.18. The Morgan fingerprint density at radius 2 is 2.25 bits per heavy atom. The van der Waals surface area contributed by atoms with Crippen LogP contribution >= 0.6 is 11.3 Å². The van der Waals surface area contributed by atoms with E-state index in [4.69, 9.17) is 5.41 Å². The van der Waals surface area contributed by atoms with Crippen LogP contribution in [-0.2, 0) is 13.6 Å². The Hall–Kier alpha value is -2.67. The van der Waals surface area contributed by atoms with Crippen molar-refractivity contribution in [1.29, 1.82) is 5.41 Å². The van der Waals surface area contributed by atoms with Crippen molar-refractivity contribution in [2.45, 2.75) is 13.5 Å². The first-order valence-corrected chi connectivity index (χ1v) is 8.38. The molecule has 0 fully saturated rings. The zero-order chi connectivity index (χ0) is 17.3. The Labute approximate surface area is 144 Å². The maximum atomic E-state index is 12.7. The van der Waals surface area contributed by atoms with Crippen molar-refractivity contribution in [3.63, 3.8) is 0 Å². The summed E-state index contributed by atoms with van der Waals surface area (Å²) in [7, 11) is 3.67. The van der Waals surface area contributed by atoms with Gasteiger partial charge in [-0.3, -0.25) is 4.79 Å². The second kappa shape index (κ2) is 6.45. The lowest BCUT2D eigenvalue weighted by molar-refractivity contribution is 0.0943. The summed E-state index contributed by atoms with van der Waals surface area (Å²) in [6.07, 6.45) is 1.23. The van der Waals surface area contributed by atoms with Crippen LogP contribution < -0.4 is 10.6 Å². The lowest BCUT2D eigenvalue weighted by Gasteiger charge is -2.09. The maximum absolute atomic E-state index is 12.7. The molecule has 0 aliphatic heterocycles. The smallest absolute Gasteiger partial charge is 0.268 e. The van der Waals surface area contributed by atoms with Crippen LogP contribution in [0, 0.1) is 12.3 Å². The fraction of sp³-hybridized carbons (Fsp3) is 0.235. The first kappa shape index (κ1) is 16.2. The van der Waals surface area contributed by atoms with Gasteiger partial charge in [0.25, 0.3) is 5.91 Å². The summed E-state index contributed by atoms with van der Waals surface area (Å²) < 4.78 is 2.64. The van der Waals surface area contributed by atoms with Gasteiger partial charge >= 0.3 is 0 Å². The number of carbonyl (C=O) groups excluding carboxylic acids is 1. The van der Waals surface area contributed by atoms with E-state index in [1.54, 1.807) is 4.57 Å². The van der Waals surface area contributed by atoms with E-state index in [1.165, 1.54) is 17.6 Å². The largest absolute Gasteiger partial charge is 0.388 e. The van der Waals surface area contributed by atoms with Crippen LogP contribution in [0.25, 0.3) is 10.3 Å². The molecule has 0 unspecified atom stereocenters. The molecule has 2 heterocycles. The van der Waals surface area contributed by atoms with Gasteiger partial charge in [0.05, 0.1) is 9.71 Å². The highest BCUT2D eigenvalue weighted by Crippen LogP contribution is 2.29. The van der Waals surface area contributed by atoms with E-state index in [9.17, 15) is 4.79 Å². The molecule has 0 radical (unpaired) electrons. The third kappa shape index (κ3) is 2.78. The van der Waals surface area contributed by atoms with Crippen LogP contribution in [0.3, 0.4) is 0 Å². The van der Waals surface area contributed by atoms with Gasteiger partial charge in [-0.05, 0) is 24.6 Å². The molecule has 1 amide bonds. The normalized spacial score (nSPS) is 10.8. The summed E-state index contributed by atoms with van der Waals surface area (Å²) in [4.78, 5) is 17.1. The minimum Gasteiger partial charge on any atom is -0.388 e. The van der Waals surface area contributed by atoms with Crippen LogP contribution in [-0.4, -0.2) is 28.7 Å². The van der Waals surface area contributed by atoms with E-state index >= 15 is 0 Å². The Morgan fingerprint density at radius 1 is 1.46 bits per heavy atom. The summed E-state index contributed by atoms with van der Waals surface area (Å²) >= 11 is 1.50. The maximum Gasteiger partial charge on any atom is 0.268 e. The average Bonchev–Trinajstić information content (AvgIpc) is 3.09. The number of thiazole rings is 1. The van der Waals surface area contributed by atoms with E-state index in [-0.39, 0.29) is 5.91 Å². The van der Waals surface area contributed by atoms with E-state index in [0.717, 1.165) is 26.6 Å². The predicted octanol–water partition coefficient (Wildman–Crippen LogP) is 2.91. The van der Waals surface area contributed by atoms with Crippen LogP contribution in [0.5, 0.6) is 0 Å². The van der Waals surface area contributed by atoms with Gasteiger partial charge in [0.2, 0.25) is 0 Å². The molecule has 3 rings (SSSR count). The number of carbonyl (C=O) groups is 1. The van der Waals surface area contributed by atoms with Gasteiger partial charge in [-0.15, -0.1) is 11.3 Å². The standard InChI is InChI=1S/C17H19N5OS/c1-10-21-16-15(24-10)13(8-18)14(22(16)3)17(23)20-9-11-5-4-6-12(7-11)19-2/h4-8,18-19H,9H2,1-3H3,(H,20,23). The molecule has 1 aromatic carbocycles. The van der Waals surface area contributed by atoms with Gasteiger partial charge in [0.1, 0.15) is 5.69 Å². The SMILES string of the molecule is CNc1cccc(CNC(=O)c2c(C=N)c3sc(C)nc3n2C)c1. The molecule has 124 valence electrons. The second-order valence-electron chi connectivity index (χ2n) is 5.48. The zero-order valence-corrected chi connectivity index (χ0v) is 14.6. The lowest BCUT2D eigenvalue weighted by Crippen LogP contribution is -2.26. The number of hydrogen-bond donors (Lipinski definition) is 3. The van der Waals surface area contributed by atoms with E-state index in [1.807, 2.05) is 45.3 Å². The summed E-state index contributed by atoms with van der Waals surface area (Å²) in [5, 5.41) is 14.6. The lowest BCUT2D eigenvalue weighted by atomic mass is 10.2. The number of benzene rings is 1. The Balaban J connectivity index is 1.87. The van der Waals surface area contributed by atoms with Gasteiger partial charge in [-0.2, -0.15) is 0 Å². The monoisotopic (exact) mass is 341 g/mol.